The molecular weight excluding hydrogens is 211 g/mol. The largest absolute Gasteiger partial charge is 0.361 e. The molecule has 15 heavy (non-hydrogen) atoms. The van der Waals surface area contributed by atoms with Crippen molar-refractivity contribution in [2.45, 2.75) is 26.4 Å². The first kappa shape index (κ1) is 11.9. The van der Waals surface area contributed by atoms with Crippen molar-refractivity contribution in [1.82, 2.24) is 10.6 Å². The van der Waals surface area contributed by atoms with Gasteiger partial charge in [0.2, 0.25) is 0 Å². The average Bonchev–Trinajstić information content (AvgIpc) is 2.14. The van der Waals surface area contributed by atoms with Crippen LogP contribution < -0.4 is 10.6 Å². The standard InChI is InChI=1S/C11H15FN2S/c1-8(2)14-11(15)13-7-9-4-3-5-10(12)6-9/h3-6,8H,7H2,1-2H3,(H2,13,14,15). The zero-order valence-corrected chi connectivity index (χ0v) is 9.70. The number of thiocarbonyl (C=S) groups is 1. The molecule has 0 aliphatic rings. The van der Waals surface area contributed by atoms with Gasteiger partial charge < -0.3 is 10.6 Å². The molecular formula is C11H15FN2S. The lowest BCUT2D eigenvalue weighted by atomic mass is 10.2. The van der Waals surface area contributed by atoms with Crippen LogP contribution in [0.1, 0.15) is 19.4 Å². The van der Waals surface area contributed by atoms with E-state index >= 15 is 0 Å². The molecule has 0 unspecified atom stereocenters. The van der Waals surface area contributed by atoms with Crippen molar-refractivity contribution in [2.75, 3.05) is 0 Å². The Labute approximate surface area is 94.9 Å². The number of hydrogen-bond donors (Lipinski definition) is 2. The van der Waals surface area contributed by atoms with Crippen LogP contribution in [-0.4, -0.2) is 11.2 Å². The van der Waals surface area contributed by atoms with Crippen molar-refractivity contribution >= 4 is 17.3 Å². The summed E-state index contributed by atoms with van der Waals surface area (Å²) in [5.74, 6) is -0.225. The second kappa shape index (κ2) is 5.66. The van der Waals surface area contributed by atoms with Crippen molar-refractivity contribution in [3.63, 3.8) is 0 Å². The Hall–Kier alpha value is -1.16. The molecule has 0 fully saturated rings. The van der Waals surface area contributed by atoms with E-state index < -0.39 is 0 Å². The molecule has 0 saturated heterocycles. The minimum Gasteiger partial charge on any atom is -0.361 e. The molecule has 0 bridgehead atoms. The summed E-state index contributed by atoms with van der Waals surface area (Å²) in [7, 11) is 0. The quantitative estimate of drug-likeness (QED) is 0.773. The molecule has 4 heteroatoms. The zero-order valence-electron chi connectivity index (χ0n) is 8.88. The summed E-state index contributed by atoms with van der Waals surface area (Å²) in [5.41, 5.74) is 0.878. The molecule has 1 aromatic rings. The summed E-state index contributed by atoms with van der Waals surface area (Å²) in [6.45, 7) is 4.56. The Bertz CT molecular complexity index is 339. The highest BCUT2D eigenvalue weighted by Gasteiger charge is 1.99. The lowest BCUT2D eigenvalue weighted by Crippen LogP contribution is -2.38. The van der Waals surface area contributed by atoms with Gasteiger partial charge in [0.25, 0.3) is 0 Å². The second-order valence-electron chi connectivity index (χ2n) is 3.61. The van der Waals surface area contributed by atoms with Crippen LogP contribution in [0.25, 0.3) is 0 Å². The van der Waals surface area contributed by atoms with Crippen LogP contribution in [0.3, 0.4) is 0 Å². The highest BCUT2D eigenvalue weighted by molar-refractivity contribution is 7.80. The summed E-state index contributed by atoms with van der Waals surface area (Å²) < 4.78 is 12.8. The highest BCUT2D eigenvalue weighted by Crippen LogP contribution is 2.02. The molecule has 0 aliphatic carbocycles. The third-order valence-electron chi connectivity index (χ3n) is 1.76. The number of halogens is 1. The van der Waals surface area contributed by atoms with Gasteiger partial charge in [0, 0.05) is 12.6 Å². The number of benzene rings is 1. The van der Waals surface area contributed by atoms with Gasteiger partial charge in [-0.1, -0.05) is 12.1 Å². The fraction of sp³-hybridized carbons (Fsp3) is 0.364. The molecule has 0 amide bonds. The number of nitrogens with one attached hydrogen (secondary N) is 2. The summed E-state index contributed by atoms with van der Waals surface area (Å²) in [4.78, 5) is 0. The molecule has 1 rings (SSSR count). The van der Waals surface area contributed by atoms with Gasteiger partial charge in [-0.05, 0) is 43.8 Å². The van der Waals surface area contributed by atoms with Crippen LogP contribution >= 0.6 is 12.2 Å². The fourth-order valence-electron chi connectivity index (χ4n) is 1.14. The Kier molecular flexibility index (Phi) is 4.49. The van der Waals surface area contributed by atoms with Crippen LogP contribution in [0.15, 0.2) is 24.3 Å². The first-order chi connectivity index (χ1) is 7.08. The van der Waals surface area contributed by atoms with E-state index in [-0.39, 0.29) is 5.82 Å². The van der Waals surface area contributed by atoms with E-state index in [0.29, 0.717) is 17.7 Å². The molecule has 0 aromatic heterocycles. The topological polar surface area (TPSA) is 24.1 Å². The Morgan fingerprint density at radius 2 is 2.20 bits per heavy atom. The Morgan fingerprint density at radius 3 is 2.80 bits per heavy atom. The van der Waals surface area contributed by atoms with Crippen LogP contribution in [0.2, 0.25) is 0 Å². The Balaban J connectivity index is 2.40. The van der Waals surface area contributed by atoms with Crippen molar-refractivity contribution in [2.24, 2.45) is 0 Å². The molecule has 1 aromatic carbocycles. The molecule has 0 heterocycles. The van der Waals surface area contributed by atoms with Gasteiger partial charge in [0.05, 0.1) is 0 Å². The lowest BCUT2D eigenvalue weighted by Gasteiger charge is -2.12. The van der Waals surface area contributed by atoms with Gasteiger partial charge in [0.1, 0.15) is 5.82 Å². The number of hydrogen-bond acceptors (Lipinski definition) is 1. The lowest BCUT2D eigenvalue weighted by molar-refractivity contribution is 0.624. The minimum atomic E-state index is -0.225. The molecule has 0 radical (unpaired) electrons. The molecule has 0 aliphatic heterocycles. The van der Waals surface area contributed by atoms with Crippen molar-refractivity contribution in [1.29, 1.82) is 0 Å². The third kappa shape index (κ3) is 4.74. The predicted octanol–water partition coefficient (Wildman–Crippen LogP) is 2.20. The monoisotopic (exact) mass is 226 g/mol. The van der Waals surface area contributed by atoms with Gasteiger partial charge >= 0.3 is 0 Å². The summed E-state index contributed by atoms with van der Waals surface area (Å²) >= 11 is 5.05. The summed E-state index contributed by atoms with van der Waals surface area (Å²) in [6.07, 6.45) is 0. The van der Waals surface area contributed by atoms with Gasteiger partial charge in [-0.3, -0.25) is 0 Å². The molecule has 0 spiro atoms. The van der Waals surface area contributed by atoms with E-state index in [0.717, 1.165) is 5.56 Å². The van der Waals surface area contributed by atoms with Gasteiger partial charge in [-0.25, -0.2) is 4.39 Å². The molecule has 0 atom stereocenters. The number of rotatable bonds is 3. The van der Waals surface area contributed by atoms with Gasteiger partial charge in [-0.15, -0.1) is 0 Å². The van der Waals surface area contributed by atoms with E-state index in [1.165, 1.54) is 12.1 Å². The van der Waals surface area contributed by atoms with Crippen LogP contribution in [0.5, 0.6) is 0 Å². The molecule has 2 nitrogen and oxygen atoms in total. The normalized spacial score (nSPS) is 10.1. The smallest absolute Gasteiger partial charge is 0.166 e. The maximum atomic E-state index is 12.8. The highest BCUT2D eigenvalue weighted by atomic mass is 32.1. The van der Waals surface area contributed by atoms with Gasteiger partial charge in [0.15, 0.2) is 5.11 Å². The SMILES string of the molecule is CC(C)NC(=S)NCc1cccc(F)c1. The predicted molar refractivity (Wildman–Crippen MR) is 64.1 cm³/mol. The fourth-order valence-corrected chi connectivity index (χ4v) is 1.45. The average molecular weight is 226 g/mol. The zero-order chi connectivity index (χ0) is 11.3. The third-order valence-corrected chi connectivity index (χ3v) is 2.02. The van der Waals surface area contributed by atoms with E-state index in [2.05, 4.69) is 10.6 Å². The van der Waals surface area contributed by atoms with Crippen molar-refractivity contribution in [3.8, 4) is 0 Å². The minimum absolute atomic E-state index is 0.225. The van der Waals surface area contributed by atoms with E-state index in [4.69, 9.17) is 12.2 Å². The first-order valence-corrected chi connectivity index (χ1v) is 5.27. The molecule has 2 N–H and O–H groups in total. The van der Waals surface area contributed by atoms with E-state index in [1.807, 2.05) is 19.9 Å². The first-order valence-electron chi connectivity index (χ1n) is 4.86. The van der Waals surface area contributed by atoms with E-state index in [9.17, 15) is 4.39 Å². The summed E-state index contributed by atoms with van der Waals surface area (Å²) in [6, 6.07) is 6.76. The maximum Gasteiger partial charge on any atom is 0.166 e. The molecule has 82 valence electrons. The summed E-state index contributed by atoms with van der Waals surface area (Å²) in [5, 5.41) is 6.66. The van der Waals surface area contributed by atoms with Crippen LogP contribution in [0, 0.1) is 5.82 Å². The molecule has 0 saturated carbocycles. The Morgan fingerprint density at radius 1 is 1.47 bits per heavy atom. The van der Waals surface area contributed by atoms with Crippen LogP contribution in [-0.2, 0) is 6.54 Å². The van der Waals surface area contributed by atoms with Crippen molar-refractivity contribution < 1.29 is 4.39 Å². The van der Waals surface area contributed by atoms with Crippen molar-refractivity contribution in [3.05, 3.63) is 35.6 Å². The van der Waals surface area contributed by atoms with Crippen LogP contribution in [0.4, 0.5) is 4.39 Å². The maximum absolute atomic E-state index is 12.8. The second-order valence-corrected chi connectivity index (χ2v) is 4.02. The van der Waals surface area contributed by atoms with E-state index in [1.54, 1.807) is 6.07 Å². The van der Waals surface area contributed by atoms with Gasteiger partial charge in [-0.2, -0.15) is 0 Å².